The van der Waals surface area contributed by atoms with Gasteiger partial charge in [-0.2, -0.15) is 0 Å². The van der Waals surface area contributed by atoms with Gasteiger partial charge in [0.1, 0.15) is 4.88 Å². The number of thiophene rings is 1. The van der Waals surface area contributed by atoms with E-state index in [0.717, 1.165) is 11.3 Å². The van der Waals surface area contributed by atoms with Crippen LogP contribution in [-0.2, 0) is 10.0 Å². The summed E-state index contributed by atoms with van der Waals surface area (Å²) in [4.78, 5) is 10.9. The second-order valence-electron chi connectivity index (χ2n) is 3.94. The van der Waals surface area contributed by atoms with Crippen molar-refractivity contribution >= 4 is 44.6 Å². The molecule has 2 rings (SSSR count). The third-order valence-electron chi connectivity index (χ3n) is 2.61. The van der Waals surface area contributed by atoms with Gasteiger partial charge in [-0.25, -0.2) is 13.2 Å². The van der Waals surface area contributed by atoms with Crippen LogP contribution >= 0.6 is 22.9 Å². The van der Waals surface area contributed by atoms with Crippen molar-refractivity contribution in [3.05, 3.63) is 45.1 Å². The van der Waals surface area contributed by atoms with Gasteiger partial charge in [0.2, 0.25) is 0 Å². The predicted molar refractivity (Wildman–Crippen MR) is 78.3 cm³/mol. The number of carboxylic acids is 1. The van der Waals surface area contributed by atoms with Crippen LogP contribution < -0.4 is 4.72 Å². The van der Waals surface area contributed by atoms with Crippen LogP contribution in [0, 0.1) is 6.92 Å². The average molecular weight is 332 g/mol. The molecule has 1 heterocycles. The molecule has 106 valence electrons. The SMILES string of the molecule is Cc1c(Cl)cccc1S(=O)(=O)Nc1ccsc1C(=O)O. The van der Waals surface area contributed by atoms with E-state index in [1.165, 1.54) is 23.6 Å². The van der Waals surface area contributed by atoms with Crippen LogP contribution in [0.3, 0.4) is 0 Å². The molecule has 0 unspecified atom stereocenters. The molecular formula is C12H10ClNO4S2. The molecular weight excluding hydrogens is 322 g/mol. The summed E-state index contributed by atoms with van der Waals surface area (Å²) in [6.45, 7) is 1.59. The third-order valence-corrected chi connectivity index (χ3v) is 5.43. The Morgan fingerprint density at radius 2 is 2.05 bits per heavy atom. The molecule has 0 saturated carbocycles. The molecule has 0 bridgehead atoms. The second kappa shape index (κ2) is 5.43. The molecule has 0 saturated heterocycles. The molecule has 0 aliphatic rings. The van der Waals surface area contributed by atoms with Crippen LogP contribution in [0.5, 0.6) is 0 Å². The maximum Gasteiger partial charge on any atom is 0.348 e. The lowest BCUT2D eigenvalue weighted by molar-refractivity contribution is 0.0703. The van der Waals surface area contributed by atoms with E-state index in [1.807, 2.05) is 0 Å². The maximum atomic E-state index is 12.3. The summed E-state index contributed by atoms with van der Waals surface area (Å²) in [6, 6.07) is 5.93. The fraction of sp³-hybridized carbons (Fsp3) is 0.0833. The zero-order valence-electron chi connectivity index (χ0n) is 10.3. The van der Waals surface area contributed by atoms with Crippen LogP contribution in [0.25, 0.3) is 0 Å². The van der Waals surface area contributed by atoms with Crippen molar-refractivity contribution in [1.82, 2.24) is 0 Å². The summed E-state index contributed by atoms with van der Waals surface area (Å²) in [6.07, 6.45) is 0. The Kier molecular flexibility index (Phi) is 4.03. The Hall–Kier alpha value is -1.57. The first kappa shape index (κ1) is 14.8. The Labute approximate surface area is 124 Å². The molecule has 1 aromatic heterocycles. The van der Waals surface area contributed by atoms with E-state index in [9.17, 15) is 13.2 Å². The Bertz CT molecular complexity index is 768. The van der Waals surface area contributed by atoms with E-state index < -0.39 is 16.0 Å². The van der Waals surface area contributed by atoms with Gasteiger partial charge < -0.3 is 5.11 Å². The lowest BCUT2D eigenvalue weighted by Gasteiger charge is -2.10. The zero-order valence-corrected chi connectivity index (χ0v) is 12.6. The van der Waals surface area contributed by atoms with E-state index in [4.69, 9.17) is 16.7 Å². The minimum absolute atomic E-state index is 0.0209. The normalized spacial score (nSPS) is 11.3. The molecule has 8 heteroatoms. The van der Waals surface area contributed by atoms with Crippen molar-refractivity contribution in [3.63, 3.8) is 0 Å². The quantitative estimate of drug-likeness (QED) is 0.901. The fourth-order valence-electron chi connectivity index (χ4n) is 1.63. The molecule has 0 amide bonds. The highest BCUT2D eigenvalue weighted by Gasteiger charge is 2.21. The van der Waals surface area contributed by atoms with Crippen molar-refractivity contribution in [2.24, 2.45) is 0 Å². The largest absolute Gasteiger partial charge is 0.477 e. The first-order valence-corrected chi connectivity index (χ1v) is 8.15. The highest BCUT2D eigenvalue weighted by molar-refractivity contribution is 7.92. The standard InChI is InChI=1S/C12H10ClNO4S2/c1-7-8(13)3-2-4-10(7)20(17,18)14-9-5-6-19-11(9)12(15)16/h2-6,14H,1H3,(H,15,16). The van der Waals surface area contributed by atoms with Crippen molar-refractivity contribution in [1.29, 1.82) is 0 Å². The molecule has 5 nitrogen and oxygen atoms in total. The number of nitrogens with one attached hydrogen (secondary N) is 1. The van der Waals surface area contributed by atoms with Crippen molar-refractivity contribution in [3.8, 4) is 0 Å². The lowest BCUT2D eigenvalue weighted by atomic mass is 10.2. The number of anilines is 1. The van der Waals surface area contributed by atoms with E-state index in [1.54, 1.807) is 13.0 Å². The van der Waals surface area contributed by atoms with Gasteiger partial charge in [-0.15, -0.1) is 11.3 Å². The minimum atomic E-state index is -3.88. The Morgan fingerprint density at radius 1 is 1.35 bits per heavy atom. The Balaban J connectivity index is 2.44. The van der Waals surface area contributed by atoms with Crippen LogP contribution in [0.2, 0.25) is 5.02 Å². The molecule has 1 aromatic carbocycles. The fourth-order valence-corrected chi connectivity index (χ4v) is 3.96. The van der Waals surface area contributed by atoms with Crippen molar-refractivity contribution < 1.29 is 18.3 Å². The smallest absolute Gasteiger partial charge is 0.348 e. The molecule has 0 aliphatic carbocycles. The highest BCUT2D eigenvalue weighted by Crippen LogP contribution is 2.28. The second-order valence-corrected chi connectivity index (χ2v) is 6.91. The van der Waals surface area contributed by atoms with E-state index >= 15 is 0 Å². The van der Waals surface area contributed by atoms with Crippen LogP contribution in [-0.4, -0.2) is 19.5 Å². The number of hydrogen-bond donors (Lipinski definition) is 2. The first-order chi connectivity index (χ1) is 9.33. The molecule has 2 aromatic rings. The number of benzene rings is 1. The van der Waals surface area contributed by atoms with Crippen molar-refractivity contribution in [2.75, 3.05) is 4.72 Å². The summed E-state index contributed by atoms with van der Waals surface area (Å²) in [5.74, 6) is -1.18. The predicted octanol–water partition coefficient (Wildman–Crippen LogP) is 3.21. The molecule has 20 heavy (non-hydrogen) atoms. The molecule has 0 fully saturated rings. The van der Waals surface area contributed by atoms with Crippen LogP contribution in [0.15, 0.2) is 34.5 Å². The number of halogens is 1. The number of aromatic carboxylic acids is 1. The lowest BCUT2D eigenvalue weighted by Crippen LogP contribution is -2.15. The molecule has 0 atom stereocenters. The topological polar surface area (TPSA) is 83.5 Å². The summed E-state index contributed by atoms with van der Waals surface area (Å²) < 4.78 is 26.9. The van der Waals surface area contributed by atoms with Gasteiger partial charge in [0.15, 0.2) is 0 Å². The van der Waals surface area contributed by atoms with Crippen LogP contribution in [0.4, 0.5) is 5.69 Å². The number of carbonyl (C=O) groups is 1. The molecule has 2 N–H and O–H groups in total. The first-order valence-electron chi connectivity index (χ1n) is 5.41. The van der Waals surface area contributed by atoms with E-state index in [-0.39, 0.29) is 15.5 Å². The van der Waals surface area contributed by atoms with Gasteiger partial charge >= 0.3 is 5.97 Å². The summed E-state index contributed by atoms with van der Waals surface area (Å²) >= 11 is 6.85. The number of rotatable bonds is 4. The molecule has 0 aliphatic heterocycles. The Morgan fingerprint density at radius 3 is 2.70 bits per heavy atom. The third kappa shape index (κ3) is 2.79. The van der Waals surface area contributed by atoms with E-state index in [0.29, 0.717) is 10.6 Å². The summed E-state index contributed by atoms with van der Waals surface area (Å²) in [5.41, 5.74) is 0.454. The van der Waals surface area contributed by atoms with Crippen LogP contribution in [0.1, 0.15) is 15.2 Å². The number of hydrogen-bond acceptors (Lipinski definition) is 4. The van der Waals surface area contributed by atoms with Crippen molar-refractivity contribution in [2.45, 2.75) is 11.8 Å². The number of sulfonamides is 1. The summed E-state index contributed by atoms with van der Waals surface area (Å²) in [5, 5.41) is 10.8. The van der Waals surface area contributed by atoms with Gasteiger partial charge in [-0.3, -0.25) is 4.72 Å². The maximum absolute atomic E-state index is 12.3. The van der Waals surface area contributed by atoms with Gasteiger partial charge in [0, 0.05) is 5.02 Å². The highest BCUT2D eigenvalue weighted by atomic mass is 35.5. The van der Waals surface area contributed by atoms with Gasteiger partial charge in [-0.1, -0.05) is 17.7 Å². The van der Waals surface area contributed by atoms with Gasteiger partial charge in [0.05, 0.1) is 10.6 Å². The number of carboxylic acid groups (broad SMARTS) is 1. The molecule has 0 spiro atoms. The average Bonchev–Trinajstić information content (AvgIpc) is 2.79. The van der Waals surface area contributed by atoms with Gasteiger partial charge in [-0.05, 0) is 36.1 Å². The monoisotopic (exact) mass is 331 g/mol. The van der Waals surface area contributed by atoms with E-state index in [2.05, 4.69) is 4.72 Å². The summed E-state index contributed by atoms with van der Waals surface area (Å²) in [7, 11) is -3.88. The zero-order chi connectivity index (χ0) is 14.9. The molecule has 0 radical (unpaired) electrons. The minimum Gasteiger partial charge on any atom is -0.477 e. The van der Waals surface area contributed by atoms with Gasteiger partial charge in [0.25, 0.3) is 10.0 Å².